The number of aryl methyl sites for hydroxylation is 1. The maximum Gasteiger partial charge on any atom is 0.334 e. The van der Waals surface area contributed by atoms with Crippen LogP contribution in [0.4, 0.5) is 4.39 Å². The molecule has 1 aromatic carbocycles. The number of nitrogens with zero attached hydrogens (tertiary/aromatic N) is 3. The smallest absolute Gasteiger partial charge is 0.271 e. The largest absolute Gasteiger partial charge is 0.334 e. The summed E-state index contributed by atoms with van der Waals surface area (Å²) in [6.45, 7) is 6.31. The normalized spacial score (nSPS) is 12.0. The zero-order valence-corrected chi connectivity index (χ0v) is 13.3. The summed E-state index contributed by atoms with van der Waals surface area (Å²) >= 11 is 0. The Morgan fingerprint density at radius 2 is 1.91 bits per heavy atom. The molecule has 0 saturated heterocycles. The lowest BCUT2D eigenvalue weighted by Gasteiger charge is -2.19. The minimum atomic E-state index is -1.04. The molecule has 0 aliphatic rings. The van der Waals surface area contributed by atoms with Crippen molar-refractivity contribution in [3.8, 4) is 5.82 Å². The Labute approximate surface area is 131 Å². The van der Waals surface area contributed by atoms with Crippen LogP contribution in [0.2, 0.25) is 0 Å². The fraction of sp³-hybridized carbons (Fsp3) is 0.312. The molecule has 2 aromatic heterocycles. The Kier molecular flexibility index (Phi) is 3.24. The second-order valence-electron chi connectivity index (χ2n) is 6.54. The van der Waals surface area contributed by atoms with E-state index in [2.05, 4.69) is 25.9 Å². The van der Waals surface area contributed by atoms with Gasteiger partial charge in [-0.3, -0.25) is 14.5 Å². The third kappa shape index (κ3) is 2.48. The SMILES string of the molecule is Cn1nc(-n2cc(F)c(=O)[nH]c2=O)c2ccc(C(C)(C)C)cc21. The molecule has 3 aromatic rings. The maximum absolute atomic E-state index is 13.5. The minimum Gasteiger partial charge on any atom is -0.271 e. The second-order valence-corrected chi connectivity index (χ2v) is 6.54. The van der Waals surface area contributed by atoms with Crippen molar-refractivity contribution in [1.29, 1.82) is 0 Å². The summed E-state index contributed by atoms with van der Waals surface area (Å²) in [5.41, 5.74) is 0.155. The van der Waals surface area contributed by atoms with E-state index in [1.165, 1.54) is 0 Å². The first-order chi connectivity index (χ1) is 10.7. The van der Waals surface area contributed by atoms with Crippen molar-refractivity contribution < 1.29 is 4.39 Å². The molecule has 0 atom stereocenters. The van der Waals surface area contributed by atoms with Crippen LogP contribution in [0.15, 0.2) is 34.0 Å². The number of rotatable bonds is 1. The van der Waals surface area contributed by atoms with E-state index in [-0.39, 0.29) is 11.2 Å². The topological polar surface area (TPSA) is 72.7 Å². The molecule has 0 saturated carbocycles. The van der Waals surface area contributed by atoms with Crippen molar-refractivity contribution in [2.24, 2.45) is 7.05 Å². The number of fused-ring (bicyclic) bond motifs is 1. The van der Waals surface area contributed by atoms with Gasteiger partial charge in [-0.2, -0.15) is 9.49 Å². The number of halogens is 1. The van der Waals surface area contributed by atoms with E-state index in [9.17, 15) is 14.0 Å². The van der Waals surface area contributed by atoms with Gasteiger partial charge >= 0.3 is 5.69 Å². The third-order valence-corrected chi connectivity index (χ3v) is 3.82. The summed E-state index contributed by atoms with van der Waals surface area (Å²) in [4.78, 5) is 25.1. The van der Waals surface area contributed by atoms with E-state index in [0.29, 0.717) is 5.39 Å². The average Bonchev–Trinajstić information content (AvgIpc) is 2.79. The summed E-state index contributed by atoms with van der Waals surface area (Å²) in [5, 5.41) is 5.01. The van der Waals surface area contributed by atoms with E-state index in [4.69, 9.17) is 0 Å². The first-order valence-electron chi connectivity index (χ1n) is 7.17. The number of hydrogen-bond acceptors (Lipinski definition) is 3. The quantitative estimate of drug-likeness (QED) is 0.744. The molecule has 0 unspecified atom stereocenters. The zero-order valence-electron chi connectivity index (χ0n) is 13.3. The molecule has 120 valence electrons. The highest BCUT2D eigenvalue weighted by molar-refractivity contribution is 5.87. The van der Waals surface area contributed by atoms with Crippen LogP contribution in [-0.2, 0) is 12.5 Å². The van der Waals surface area contributed by atoms with Crippen LogP contribution in [0.25, 0.3) is 16.7 Å². The average molecular weight is 316 g/mol. The van der Waals surface area contributed by atoms with Gasteiger partial charge in [0.1, 0.15) is 0 Å². The van der Waals surface area contributed by atoms with Crippen LogP contribution in [0.1, 0.15) is 26.3 Å². The molecule has 0 aliphatic heterocycles. The zero-order chi connectivity index (χ0) is 16.9. The summed E-state index contributed by atoms with van der Waals surface area (Å²) in [6.07, 6.45) is 0.862. The number of hydrogen-bond donors (Lipinski definition) is 1. The highest BCUT2D eigenvalue weighted by Gasteiger charge is 2.18. The summed E-state index contributed by atoms with van der Waals surface area (Å²) < 4.78 is 16.2. The molecule has 23 heavy (non-hydrogen) atoms. The van der Waals surface area contributed by atoms with Gasteiger partial charge in [0.05, 0.1) is 11.7 Å². The van der Waals surface area contributed by atoms with Gasteiger partial charge in [-0.15, -0.1) is 0 Å². The summed E-state index contributed by atoms with van der Waals surface area (Å²) in [6, 6.07) is 5.81. The lowest BCUT2D eigenvalue weighted by molar-refractivity contribution is 0.584. The van der Waals surface area contributed by atoms with Crippen molar-refractivity contribution in [1.82, 2.24) is 19.3 Å². The van der Waals surface area contributed by atoms with Crippen LogP contribution in [0, 0.1) is 5.82 Å². The monoisotopic (exact) mass is 316 g/mol. The van der Waals surface area contributed by atoms with Crippen molar-refractivity contribution in [3.63, 3.8) is 0 Å². The number of benzene rings is 1. The molecular formula is C16H17FN4O2. The predicted octanol–water partition coefficient (Wildman–Crippen LogP) is 1.85. The van der Waals surface area contributed by atoms with Gasteiger partial charge in [0.25, 0.3) is 5.56 Å². The van der Waals surface area contributed by atoms with Crippen molar-refractivity contribution in [2.75, 3.05) is 0 Å². The molecule has 0 fully saturated rings. The van der Waals surface area contributed by atoms with Crippen LogP contribution >= 0.6 is 0 Å². The van der Waals surface area contributed by atoms with Crippen molar-refractivity contribution in [3.05, 3.63) is 56.6 Å². The van der Waals surface area contributed by atoms with Crippen LogP contribution in [0.5, 0.6) is 0 Å². The van der Waals surface area contributed by atoms with Gasteiger partial charge in [0, 0.05) is 12.4 Å². The molecule has 0 spiro atoms. The fourth-order valence-corrected chi connectivity index (χ4v) is 2.49. The third-order valence-electron chi connectivity index (χ3n) is 3.82. The number of H-pyrrole nitrogens is 1. The second kappa shape index (κ2) is 4.91. The predicted molar refractivity (Wildman–Crippen MR) is 85.6 cm³/mol. The Morgan fingerprint density at radius 3 is 2.57 bits per heavy atom. The lowest BCUT2D eigenvalue weighted by Crippen LogP contribution is -2.30. The van der Waals surface area contributed by atoms with Gasteiger partial charge in [0.15, 0.2) is 5.82 Å². The van der Waals surface area contributed by atoms with Crippen LogP contribution in [0.3, 0.4) is 0 Å². The molecule has 0 aliphatic carbocycles. The molecular weight excluding hydrogens is 299 g/mol. The molecule has 6 nitrogen and oxygen atoms in total. The Bertz CT molecular complexity index is 1020. The first kappa shape index (κ1) is 15.2. The molecule has 3 rings (SSSR count). The van der Waals surface area contributed by atoms with Crippen molar-refractivity contribution in [2.45, 2.75) is 26.2 Å². The van der Waals surface area contributed by atoms with E-state index < -0.39 is 17.1 Å². The van der Waals surface area contributed by atoms with Gasteiger partial charge in [-0.25, -0.2) is 9.36 Å². The summed E-state index contributed by atoms with van der Waals surface area (Å²) in [7, 11) is 1.76. The highest BCUT2D eigenvalue weighted by Crippen LogP contribution is 2.28. The Morgan fingerprint density at radius 1 is 1.22 bits per heavy atom. The van der Waals surface area contributed by atoms with E-state index >= 15 is 0 Å². The standard InChI is InChI=1S/C16H17FN4O2/c1-16(2,3)9-5-6-10-12(7-9)20(4)19-13(10)21-8-11(17)14(22)18-15(21)23/h5-8H,1-4H3,(H,18,22,23). The van der Waals surface area contributed by atoms with Gasteiger partial charge in [-0.05, 0) is 23.1 Å². The molecule has 0 amide bonds. The maximum atomic E-state index is 13.5. The minimum absolute atomic E-state index is 0.0282. The number of nitrogens with one attached hydrogen (secondary N) is 1. The first-order valence-corrected chi connectivity index (χ1v) is 7.17. The molecule has 1 N–H and O–H groups in total. The highest BCUT2D eigenvalue weighted by atomic mass is 19.1. The summed E-state index contributed by atoms with van der Waals surface area (Å²) in [5.74, 6) is -0.752. The van der Waals surface area contributed by atoms with Gasteiger partial charge in [0.2, 0.25) is 5.82 Å². The van der Waals surface area contributed by atoms with Gasteiger partial charge in [-0.1, -0.05) is 26.8 Å². The molecule has 0 radical (unpaired) electrons. The lowest BCUT2D eigenvalue weighted by atomic mass is 9.86. The molecule has 2 heterocycles. The van der Waals surface area contributed by atoms with Gasteiger partial charge < -0.3 is 0 Å². The molecule has 7 heteroatoms. The molecule has 0 bridgehead atoms. The Hall–Kier alpha value is -2.70. The number of aromatic nitrogens is 4. The Balaban J connectivity index is 2.31. The van der Waals surface area contributed by atoms with E-state index in [1.807, 2.05) is 23.2 Å². The fourth-order valence-electron chi connectivity index (χ4n) is 2.49. The van der Waals surface area contributed by atoms with Crippen LogP contribution in [-0.4, -0.2) is 19.3 Å². The number of aromatic amines is 1. The van der Waals surface area contributed by atoms with E-state index in [0.717, 1.165) is 21.8 Å². The van der Waals surface area contributed by atoms with Crippen molar-refractivity contribution >= 4 is 10.9 Å². The van der Waals surface area contributed by atoms with E-state index in [1.54, 1.807) is 11.7 Å². The van der Waals surface area contributed by atoms with Crippen LogP contribution < -0.4 is 11.2 Å².